The SMILES string of the molecule is O=C(Cc1c[nH]c2ccccc12)OCc1cc(Cl)cc2c1OCOC2. The third-order valence-corrected chi connectivity index (χ3v) is 4.37. The molecule has 25 heavy (non-hydrogen) atoms. The molecule has 0 spiro atoms. The van der Waals surface area contributed by atoms with Crippen molar-refractivity contribution in [3.8, 4) is 5.75 Å². The monoisotopic (exact) mass is 357 g/mol. The van der Waals surface area contributed by atoms with E-state index in [0.29, 0.717) is 17.4 Å². The van der Waals surface area contributed by atoms with Gasteiger partial charge >= 0.3 is 5.97 Å². The second-order valence-electron chi connectivity index (χ2n) is 5.86. The number of aromatic nitrogens is 1. The molecule has 0 saturated carbocycles. The van der Waals surface area contributed by atoms with Gasteiger partial charge in [0.05, 0.1) is 13.0 Å². The minimum atomic E-state index is -0.300. The number of H-pyrrole nitrogens is 1. The molecule has 2 heterocycles. The van der Waals surface area contributed by atoms with E-state index in [9.17, 15) is 4.79 Å². The molecule has 6 heteroatoms. The van der Waals surface area contributed by atoms with Gasteiger partial charge in [0.15, 0.2) is 6.79 Å². The van der Waals surface area contributed by atoms with Crippen molar-refractivity contribution in [1.82, 2.24) is 4.98 Å². The number of esters is 1. The van der Waals surface area contributed by atoms with Gasteiger partial charge in [-0.25, -0.2) is 0 Å². The summed E-state index contributed by atoms with van der Waals surface area (Å²) in [6, 6.07) is 11.4. The number of nitrogens with one attached hydrogen (secondary N) is 1. The number of carbonyl (C=O) groups is 1. The van der Waals surface area contributed by atoms with E-state index < -0.39 is 0 Å². The summed E-state index contributed by atoms with van der Waals surface area (Å²) in [5, 5.41) is 1.59. The molecule has 0 amide bonds. The molecule has 3 aromatic rings. The summed E-state index contributed by atoms with van der Waals surface area (Å²) in [5.41, 5.74) is 3.53. The third-order valence-electron chi connectivity index (χ3n) is 4.15. The van der Waals surface area contributed by atoms with Crippen LogP contribution in [-0.2, 0) is 33.9 Å². The van der Waals surface area contributed by atoms with Crippen molar-refractivity contribution in [3.63, 3.8) is 0 Å². The Labute approximate surface area is 149 Å². The van der Waals surface area contributed by atoms with Crippen LogP contribution in [0.4, 0.5) is 0 Å². The molecule has 0 aliphatic carbocycles. The van der Waals surface area contributed by atoms with Crippen LogP contribution in [0.5, 0.6) is 5.75 Å². The highest BCUT2D eigenvalue weighted by molar-refractivity contribution is 6.30. The molecule has 0 radical (unpaired) electrons. The van der Waals surface area contributed by atoms with Gasteiger partial charge in [0.2, 0.25) is 0 Å². The zero-order chi connectivity index (χ0) is 17.2. The quantitative estimate of drug-likeness (QED) is 0.718. The van der Waals surface area contributed by atoms with Crippen molar-refractivity contribution in [3.05, 3.63) is 64.3 Å². The highest BCUT2D eigenvalue weighted by atomic mass is 35.5. The summed E-state index contributed by atoms with van der Waals surface area (Å²) in [4.78, 5) is 15.4. The molecule has 5 nitrogen and oxygen atoms in total. The van der Waals surface area contributed by atoms with E-state index in [0.717, 1.165) is 27.6 Å². The third kappa shape index (κ3) is 3.34. The number of halogens is 1. The number of para-hydroxylation sites is 1. The van der Waals surface area contributed by atoms with Crippen LogP contribution in [0.2, 0.25) is 5.02 Å². The largest absolute Gasteiger partial charge is 0.467 e. The predicted molar refractivity (Wildman–Crippen MR) is 93.5 cm³/mol. The van der Waals surface area contributed by atoms with Gasteiger partial charge in [0.1, 0.15) is 12.4 Å². The Kier molecular flexibility index (Phi) is 4.34. The summed E-state index contributed by atoms with van der Waals surface area (Å²) in [5.74, 6) is 0.390. The van der Waals surface area contributed by atoms with Gasteiger partial charge in [-0.15, -0.1) is 0 Å². The van der Waals surface area contributed by atoms with Crippen molar-refractivity contribution in [1.29, 1.82) is 0 Å². The Morgan fingerprint density at radius 2 is 2.12 bits per heavy atom. The lowest BCUT2D eigenvalue weighted by molar-refractivity contribution is -0.144. The van der Waals surface area contributed by atoms with E-state index in [2.05, 4.69) is 4.98 Å². The van der Waals surface area contributed by atoms with E-state index in [4.69, 9.17) is 25.8 Å². The predicted octanol–water partition coefficient (Wildman–Crippen LogP) is 3.97. The Hall–Kier alpha value is -2.50. The summed E-state index contributed by atoms with van der Waals surface area (Å²) < 4.78 is 16.2. The van der Waals surface area contributed by atoms with Gasteiger partial charge < -0.3 is 19.2 Å². The maximum absolute atomic E-state index is 12.2. The summed E-state index contributed by atoms with van der Waals surface area (Å²) in [6.45, 7) is 0.737. The average molecular weight is 358 g/mol. The van der Waals surface area contributed by atoms with Gasteiger partial charge in [-0.1, -0.05) is 29.8 Å². The molecule has 0 bridgehead atoms. The van der Waals surface area contributed by atoms with Gasteiger partial charge in [0.25, 0.3) is 0 Å². The second kappa shape index (κ2) is 6.78. The molecule has 0 fully saturated rings. The Morgan fingerprint density at radius 3 is 3.04 bits per heavy atom. The number of hydrogen-bond acceptors (Lipinski definition) is 4. The molecular weight excluding hydrogens is 342 g/mol. The average Bonchev–Trinajstić information content (AvgIpc) is 3.02. The van der Waals surface area contributed by atoms with Crippen molar-refractivity contribution in [2.45, 2.75) is 19.6 Å². The van der Waals surface area contributed by atoms with E-state index in [1.54, 1.807) is 12.1 Å². The number of aromatic amines is 1. The van der Waals surface area contributed by atoms with Crippen molar-refractivity contribution in [2.75, 3.05) is 6.79 Å². The minimum Gasteiger partial charge on any atom is -0.467 e. The maximum Gasteiger partial charge on any atom is 0.310 e. The Bertz CT molecular complexity index is 934. The number of benzene rings is 2. The van der Waals surface area contributed by atoms with Crippen molar-refractivity contribution < 1.29 is 19.0 Å². The topological polar surface area (TPSA) is 60.6 Å². The minimum absolute atomic E-state index is 0.115. The first kappa shape index (κ1) is 16.0. The zero-order valence-corrected chi connectivity index (χ0v) is 14.1. The molecule has 0 atom stereocenters. The molecule has 4 rings (SSSR count). The lowest BCUT2D eigenvalue weighted by Gasteiger charge is -2.21. The molecule has 0 unspecified atom stereocenters. The molecule has 2 aromatic carbocycles. The molecule has 1 aromatic heterocycles. The van der Waals surface area contributed by atoms with Gasteiger partial charge in [-0.05, 0) is 23.8 Å². The Balaban J connectivity index is 1.46. The summed E-state index contributed by atoms with van der Waals surface area (Å²) in [7, 11) is 0. The molecule has 1 aliphatic heterocycles. The fraction of sp³-hybridized carbons (Fsp3) is 0.211. The van der Waals surface area contributed by atoms with Gasteiger partial charge in [-0.2, -0.15) is 0 Å². The maximum atomic E-state index is 12.2. The smallest absolute Gasteiger partial charge is 0.310 e. The summed E-state index contributed by atoms with van der Waals surface area (Å²) >= 11 is 6.12. The highest BCUT2D eigenvalue weighted by Crippen LogP contribution is 2.32. The van der Waals surface area contributed by atoms with Crippen LogP contribution in [0.1, 0.15) is 16.7 Å². The summed E-state index contributed by atoms with van der Waals surface area (Å²) in [6.07, 6.45) is 2.05. The van der Waals surface area contributed by atoms with Gasteiger partial charge in [0, 0.05) is 33.2 Å². The van der Waals surface area contributed by atoms with E-state index in [-0.39, 0.29) is 25.8 Å². The molecule has 1 aliphatic rings. The number of ether oxygens (including phenoxy) is 3. The fourth-order valence-corrected chi connectivity index (χ4v) is 3.27. The van der Waals surface area contributed by atoms with Crippen molar-refractivity contribution >= 4 is 28.5 Å². The van der Waals surface area contributed by atoms with Gasteiger partial charge in [-0.3, -0.25) is 4.79 Å². The first-order chi connectivity index (χ1) is 12.2. The highest BCUT2D eigenvalue weighted by Gasteiger charge is 2.18. The first-order valence-electron chi connectivity index (χ1n) is 7.93. The van der Waals surface area contributed by atoms with Crippen LogP contribution in [0, 0.1) is 0 Å². The molecule has 1 N–H and O–H groups in total. The van der Waals surface area contributed by atoms with E-state index in [1.807, 2.05) is 30.5 Å². The standard InChI is InChI=1S/C19H16ClNO4/c20-15-5-13-9-23-11-25-19(13)14(6-15)10-24-18(22)7-12-8-21-17-4-2-1-3-16(12)17/h1-6,8,21H,7,9-11H2. The lowest BCUT2D eigenvalue weighted by atomic mass is 10.1. The molecular formula is C19H16ClNO4. The number of rotatable bonds is 4. The second-order valence-corrected chi connectivity index (χ2v) is 6.30. The molecule has 0 saturated heterocycles. The zero-order valence-electron chi connectivity index (χ0n) is 13.4. The van der Waals surface area contributed by atoms with Crippen LogP contribution < -0.4 is 4.74 Å². The van der Waals surface area contributed by atoms with E-state index >= 15 is 0 Å². The fourth-order valence-electron chi connectivity index (χ4n) is 3.01. The number of hydrogen-bond donors (Lipinski definition) is 1. The normalized spacial score (nSPS) is 13.3. The van der Waals surface area contributed by atoms with Crippen LogP contribution in [0.25, 0.3) is 10.9 Å². The van der Waals surface area contributed by atoms with E-state index in [1.165, 1.54) is 0 Å². The Morgan fingerprint density at radius 1 is 1.24 bits per heavy atom. The van der Waals surface area contributed by atoms with Crippen LogP contribution in [0.15, 0.2) is 42.6 Å². The van der Waals surface area contributed by atoms with Crippen LogP contribution in [-0.4, -0.2) is 17.7 Å². The first-order valence-corrected chi connectivity index (χ1v) is 8.31. The van der Waals surface area contributed by atoms with Crippen molar-refractivity contribution in [2.24, 2.45) is 0 Å². The number of carbonyl (C=O) groups excluding carboxylic acids is 1. The lowest BCUT2D eigenvalue weighted by Crippen LogP contribution is -2.14. The van der Waals surface area contributed by atoms with Crippen LogP contribution >= 0.6 is 11.6 Å². The van der Waals surface area contributed by atoms with Crippen LogP contribution in [0.3, 0.4) is 0 Å². The number of fused-ring (bicyclic) bond motifs is 2. The molecule has 128 valence electrons.